The van der Waals surface area contributed by atoms with Crippen molar-refractivity contribution in [3.63, 3.8) is 0 Å². The number of nitrogens with one attached hydrogen (secondary N) is 2. The second-order valence-electron chi connectivity index (χ2n) is 7.79. The highest BCUT2D eigenvalue weighted by Crippen LogP contribution is 2.32. The van der Waals surface area contributed by atoms with Gasteiger partial charge in [-0.1, -0.05) is 47.3 Å². The summed E-state index contributed by atoms with van der Waals surface area (Å²) in [5.74, 6) is -0.465. The largest absolute Gasteiger partial charge is 0.338 e. The van der Waals surface area contributed by atoms with Crippen LogP contribution in [-0.2, 0) is 6.42 Å². The summed E-state index contributed by atoms with van der Waals surface area (Å²) in [6.45, 7) is 0.486. The molecule has 4 rings (SSSR count). The normalized spacial score (nSPS) is 16.5. The number of fused-ring (bicyclic) bond motifs is 1. The van der Waals surface area contributed by atoms with Gasteiger partial charge in [0.05, 0.1) is 11.1 Å². The molecule has 0 bridgehead atoms. The van der Waals surface area contributed by atoms with E-state index in [1.54, 1.807) is 18.2 Å². The molecule has 0 radical (unpaired) electrons. The van der Waals surface area contributed by atoms with Crippen molar-refractivity contribution in [3.05, 3.63) is 63.6 Å². The van der Waals surface area contributed by atoms with E-state index in [0.29, 0.717) is 29.8 Å². The molecular formula is C23H24BrN3O3. The van der Waals surface area contributed by atoms with E-state index >= 15 is 0 Å². The van der Waals surface area contributed by atoms with Crippen LogP contribution < -0.4 is 10.6 Å². The molecule has 0 unspecified atom stereocenters. The molecule has 0 saturated heterocycles. The molecule has 1 fully saturated rings. The van der Waals surface area contributed by atoms with Crippen LogP contribution in [0.2, 0.25) is 0 Å². The number of amides is 4. The van der Waals surface area contributed by atoms with E-state index in [9.17, 15) is 14.4 Å². The lowest BCUT2D eigenvalue weighted by atomic mass is 9.94. The van der Waals surface area contributed by atoms with Gasteiger partial charge in [0.2, 0.25) is 0 Å². The summed E-state index contributed by atoms with van der Waals surface area (Å²) >= 11 is 3.44. The van der Waals surface area contributed by atoms with Gasteiger partial charge in [-0.3, -0.25) is 14.5 Å². The molecule has 4 amide bonds. The van der Waals surface area contributed by atoms with Crippen molar-refractivity contribution in [2.24, 2.45) is 0 Å². The molecule has 7 heteroatoms. The molecule has 1 heterocycles. The highest BCUT2D eigenvalue weighted by Gasteiger charge is 2.40. The summed E-state index contributed by atoms with van der Waals surface area (Å²) < 4.78 is 1.00. The molecule has 30 heavy (non-hydrogen) atoms. The van der Waals surface area contributed by atoms with Crippen molar-refractivity contribution < 1.29 is 14.4 Å². The third kappa shape index (κ3) is 4.41. The maximum absolute atomic E-state index is 12.9. The number of carbonyl (C=O) groups excluding carboxylic acids is 3. The molecule has 2 aromatic carbocycles. The minimum Gasteiger partial charge on any atom is -0.338 e. The minimum atomic E-state index is -0.342. The number of anilines is 1. The van der Waals surface area contributed by atoms with Crippen molar-refractivity contribution >= 4 is 39.5 Å². The van der Waals surface area contributed by atoms with Gasteiger partial charge in [0.1, 0.15) is 0 Å². The predicted octanol–water partition coefficient (Wildman–Crippen LogP) is 4.74. The molecule has 0 spiro atoms. The Hall–Kier alpha value is -2.67. The van der Waals surface area contributed by atoms with Crippen LogP contribution >= 0.6 is 15.9 Å². The molecule has 156 valence electrons. The lowest BCUT2D eigenvalue weighted by Gasteiger charge is -2.29. The number of hydrogen-bond donors (Lipinski definition) is 2. The van der Waals surface area contributed by atoms with Crippen LogP contribution in [0.25, 0.3) is 0 Å². The summed E-state index contributed by atoms with van der Waals surface area (Å²) in [5.41, 5.74) is 2.41. The Labute approximate surface area is 184 Å². The number of imide groups is 1. The zero-order chi connectivity index (χ0) is 21.1. The number of carbonyl (C=O) groups is 3. The third-order valence-electron chi connectivity index (χ3n) is 5.70. The zero-order valence-corrected chi connectivity index (χ0v) is 18.2. The van der Waals surface area contributed by atoms with E-state index in [0.717, 1.165) is 42.1 Å². The molecule has 2 aliphatic rings. The molecule has 2 N–H and O–H groups in total. The fourth-order valence-corrected chi connectivity index (χ4v) is 4.64. The first-order valence-corrected chi connectivity index (χ1v) is 11.1. The van der Waals surface area contributed by atoms with E-state index in [1.807, 2.05) is 24.3 Å². The van der Waals surface area contributed by atoms with Gasteiger partial charge < -0.3 is 10.6 Å². The molecule has 1 aliphatic carbocycles. The smallest absolute Gasteiger partial charge is 0.319 e. The molecule has 0 atom stereocenters. The Morgan fingerprint density at radius 2 is 1.77 bits per heavy atom. The van der Waals surface area contributed by atoms with Crippen molar-refractivity contribution in [1.29, 1.82) is 0 Å². The van der Waals surface area contributed by atoms with Crippen LogP contribution in [0.3, 0.4) is 0 Å². The number of urea groups is 1. The van der Waals surface area contributed by atoms with Gasteiger partial charge in [-0.25, -0.2) is 4.79 Å². The molecule has 2 aromatic rings. The number of nitrogens with zero attached hydrogens (tertiary/aromatic N) is 1. The summed E-state index contributed by atoms with van der Waals surface area (Å²) in [6.07, 6.45) is 5.70. The van der Waals surface area contributed by atoms with E-state index in [2.05, 4.69) is 26.6 Å². The van der Waals surface area contributed by atoms with Gasteiger partial charge in [-0.2, -0.15) is 0 Å². The average molecular weight is 470 g/mol. The van der Waals surface area contributed by atoms with Crippen LogP contribution in [0, 0.1) is 0 Å². The minimum absolute atomic E-state index is 0.0103. The molecule has 0 aromatic heterocycles. The van der Waals surface area contributed by atoms with Gasteiger partial charge in [0, 0.05) is 22.7 Å². The predicted molar refractivity (Wildman–Crippen MR) is 119 cm³/mol. The van der Waals surface area contributed by atoms with Crippen molar-refractivity contribution in [1.82, 2.24) is 10.2 Å². The van der Waals surface area contributed by atoms with Crippen LogP contribution in [0.5, 0.6) is 0 Å². The summed E-state index contributed by atoms with van der Waals surface area (Å²) in [7, 11) is 0. The van der Waals surface area contributed by atoms with Crippen molar-refractivity contribution in [2.45, 2.75) is 44.6 Å². The maximum Gasteiger partial charge on any atom is 0.319 e. The van der Waals surface area contributed by atoms with Crippen LogP contribution in [0.15, 0.2) is 46.9 Å². The standard InChI is InChI=1S/C23H24BrN3O3/c24-16-6-4-5-15(13-16)11-12-25-23(30)26-17-9-10-19-20(14-17)22(29)27(21(19)28)18-7-2-1-3-8-18/h4-6,9-10,13-14,18H,1-3,7-8,11-12H2,(H2,25,26,30). The Bertz CT molecular complexity index is 985. The summed E-state index contributed by atoms with van der Waals surface area (Å²) in [5, 5.41) is 5.58. The number of rotatable bonds is 5. The fourth-order valence-electron chi connectivity index (χ4n) is 4.20. The first kappa shape index (κ1) is 20.6. The number of benzene rings is 2. The topological polar surface area (TPSA) is 78.5 Å². The first-order chi connectivity index (χ1) is 14.5. The third-order valence-corrected chi connectivity index (χ3v) is 6.20. The van der Waals surface area contributed by atoms with Gasteiger partial charge in [0.15, 0.2) is 0 Å². The van der Waals surface area contributed by atoms with E-state index in [-0.39, 0.29) is 23.9 Å². The second kappa shape index (κ2) is 9.00. The van der Waals surface area contributed by atoms with E-state index in [4.69, 9.17) is 0 Å². The fraction of sp³-hybridized carbons (Fsp3) is 0.348. The van der Waals surface area contributed by atoms with Crippen LogP contribution in [0.4, 0.5) is 10.5 Å². The Morgan fingerprint density at radius 3 is 2.53 bits per heavy atom. The van der Waals surface area contributed by atoms with E-state index in [1.165, 1.54) is 4.90 Å². The SMILES string of the molecule is O=C(NCCc1cccc(Br)c1)Nc1ccc2c(c1)C(=O)N(C1CCCCC1)C2=O. The lowest BCUT2D eigenvalue weighted by Crippen LogP contribution is -2.40. The molecule has 1 aliphatic heterocycles. The quantitative estimate of drug-likeness (QED) is 0.620. The second-order valence-corrected chi connectivity index (χ2v) is 8.71. The Morgan fingerprint density at radius 1 is 1.00 bits per heavy atom. The van der Waals surface area contributed by atoms with E-state index < -0.39 is 0 Å². The first-order valence-electron chi connectivity index (χ1n) is 10.3. The lowest BCUT2D eigenvalue weighted by molar-refractivity contribution is 0.0549. The summed E-state index contributed by atoms with van der Waals surface area (Å²) in [4.78, 5) is 39.3. The van der Waals surface area contributed by atoms with Gasteiger partial charge in [0.25, 0.3) is 11.8 Å². The maximum atomic E-state index is 12.9. The van der Waals surface area contributed by atoms with Crippen molar-refractivity contribution in [2.75, 3.05) is 11.9 Å². The highest BCUT2D eigenvalue weighted by molar-refractivity contribution is 9.10. The van der Waals surface area contributed by atoms with Gasteiger partial charge >= 0.3 is 6.03 Å². The van der Waals surface area contributed by atoms with Gasteiger partial charge in [-0.05, 0) is 55.2 Å². The Kier molecular flexibility index (Phi) is 6.18. The molecule has 6 nitrogen and oxygen atoms in total. The van der Waals surface area contributed by atoms with Crippen molar-refractivity contribution in [3.8, 4) is 0 Å². The zero-order valence-electron chi connectivity index (χ0n) is 16.6. The number of halogens is 1. The monoisotopic (exact) mass is 469 g/mol. The number of hydrogen-bond acceptors (Lipinski definition) is 3. The Balaban J connectivity index is 1.36. The molecular weight excluding hydrogens is 446 g/mol. The summed E-state index contributed by atoms with van der Waals surface area (Å²) in [6, 6.07) is 12.5. The van der Waals surface area contributed by atoms with Crippen LogP contribution in [0.1, 0.15) is 58.4 Å². The van der Waals surface area contributed by atoms with Gasteiger partial charge in [-0.15, -0.1) is 0 Å². The average Bonchev–Trinajstić information content (AvgIpc) is 2.98. The van der Waals surface area contributed by atoms with Crippen LogP contribution in [-0.4, -0.2) is 35.3 Å². The highest BCUT2D eigenvalue weighted by atomic mass is 79.9. The molecule has 1 saturated carbocycles.